The van der Waals surface area contributed by atoms with Crippen LogP contribution in [0.3, 0.4) is 0 Å². The summed E-state index contributed by atoms with van der Waals surface area (Å²) in [6.07, 6.45) is 0.816. The van der Waals surface area contributed by atoms with Gasteiger partial charge in [0.15, 0.2) is 0 Å². The van der Waals surface area contributed by atoms with E-state index in [1.54, 1.807) is 6.07 Å². The van der Waals surface area contributed by atoms with E-state index in [2.05, 4.69) is 31.3 Å². The first-order valence-corrected chi connectivity index (χ1v) is 7.33. The van der Waals surface area contributed by atoms with Gasteiger partial charge in [0.1, 0.15) is 11.6 Å². The average molecular weight is 287 g/mol. The maximum Gasteiger partial charge on any atom is 0.127 e. The van der Waals surface area contributed by atoms with Crippen molar-refractivity contribution in [1.82, 2.24) is 5.32 Å². The zero-order valence-electron chi connectivity index (χ0n) is 12.6. The van der Waals surface area contributed by atoms with Crippen LogP contribution in [-0.4, -0.2) is 12.6 Å². The molecule has 3 heteroatoms. The van der Waals surface area contributed by atoms with Crippen molar-refractivity contribution in [2.45, 2.75) is 32.9 Å². The van der Waals surface area contributed by atoms with E-state index < -0.39 is 0 Å². The standard InChI is InChI=1S/C18H22FNO/c1-14(2)20-13-16-10-17(19)12-18(11-16)21-9-8-15-6-4-3-5-7-15/h3-7,10-12,14,20H,8-9,13H2,1-2H3. The summed E-state index contributed by atoms with van der Waals surface area (Å²) in [4.78, 5) is 0. The van der Waals surface area contributed by atoms with Crippen LogP contribution in [0.15, 0.2) is 48.5 Å². The quantitative estimate of drug-likeness (QED) is 0.832. The molecule has 2 aromatic carbocycles. The number of benzene rings is 2. The second-order valence-corrected chi connectivity index (χ2v) is 5.41. The van der Waals surface area contributed by atoms with Gasteiger partial charge in [-0.2, -0.15) is 0 Å². The van der Waals surface area contributed by atoms with E-state index in [4.69, 9.17) is 4.74 Å². The lowest BCUT2D eigenvalue weighted by atomic mass is 10.1. The van der Waals surface area contributed by atoms with Gasteiger partial charge in [-0.3, -0.25) is 0 Å². The highest BCUT2D eigenvalue weighted by Crippen LogP contribution is 2.17. The Morgan fingerprint density at radius 3 is 2.52 bits per heavy atom. The molecular weight excluding hydrogens is 265 g/mol. The SMILES string of the molecule is CC(C)NCc1cc(F)cc(OCCc2ccccc2)c1. The fourth-order valence-corrected chi connectivity index (χ4v) is 2.06. The molecule has 0 aliphatic carbocycles. The van der Waals surface area contributed by atoms with E-state index in [1.165, 1.54) is 11.6 Å². The minimum Gasteiger partial charge on any atom is -0.493 e. The molecule has 0 fully saturated rings. The molecule has 112 valence electrons. The van der Waals surface area contributed by atoms with Crippen LogP contribution in [0.5, 0.6) is 5.75 Å². The minimum atomic E-state index is -0.257. The predicted molar refractivity (Wildman–Crippen MR) is 84.0 cm³/mol. The fraction of sp³-hybridized carbons (Fsp3) is 0.333. The van der Waals surface area contributed by atoms with Gasteiger partial charge in [-0.25, -0.2) is 4.39 Å². The van der Waals surface area contributed by atoms with Gasteiger partial charge >= 0.3 is 0 Å². The molecule has 0 radical (unpaired) electrons. The molecule has 0 bridgehead atoms. The van der Waals surface area contributed by atoms with Gasteiger partial charge in [0.05, 0.1) is 6.61 Å². The first-order chi connectivity index (χ1) is 10.1. The second-order valence-electron chi connectivity index (χ2n) is 5.41. The molecule has 0 unspecified atom stereocenters. The first-order valence-electron chi connectivity index (χ1n) is 7.33. The van der Waals surface area contributed by atoms with E-state index in [1.807, 2.05) is 24.3 Å². The van der Waals surface area contributed by atoms with Crippen LogP contribution < -0.4 is 10.1 Å². The summed E-state index contributed by atoms with van der Waals surface area (Å²) in [5.41, 5.74) is 2.12. The maximum absolute atomic E-state index is 13.6. The van der Waals surface area contributed by atoms with E-state index >= 15 is 0 Å². The van der Waals surface area contributed by atoms with Crippen molar-refractivity contribution < 1.29 is 9.13 Å². The highest BCUT2D eigenvalue weighted by molar-refractivity contribution is 5.29. The number of rotatable bonds is 7. The van der Waals surface area contributed by atoms with Gasteiger partial charge in [0, 0.05) is 25.1 Å². The van der Waals surface area contributed by atoms with Crippen LogP contribution in [0.2, 0.25) is 0 Å². The second kappa shape index (κ2) is 7.79. The lowest BCUT2D eigenvalue weighted by Crippen LogP contribution is -2.21. The van der Waals surface area contributed by atoms with Crippen LogP contribution in [0.25, 0.3) is 0 Å². The number of halogens is 1. The molecule has 0 aromatic heterocycles. The largest absolute Gasteiger partial charge is 0.493 e. The number of hydrogen-bond acceptors (Lipinski definition) is 2. The van der Waals surface area contributed by atoms with Crippen molar-refractivity contribution in [2.24, 2.45) is 0 Å². The van der Waals surface area contributed by atoms with Gasteiger partial charge in [0.25, 0.3) is 0 Å². The Hall–Kier alpha value is -1.87. The van der Waals surface area contributed by atoms with Crippen molar-refractivity contribution in [3.8, 4) is 5.75 Å². The van der Waals surface area contributed by atoms with Crippen LogP contribution in [-0.2, 0) is 13.0 Å². The molecule has 0 aliphatic rings. The maximum atomic E-state index is 13.6. The molecule has 0 heterocycles. The summed E-state index contributed by atoms with van der Waals surface area (Å²) in [6.45, 7) is 5.32. The van der Waals surface area contributed by atoms with Crippen LogP contribution >= 0.6 is 0 Å². The average Bonchev–Trinajstić information content (AvgIpc) is 2.46. The Morgan fingerprint density at radius 2 is 1.81 bits per heavy atom. The normalized spacial score (nSPS) is 10.9. The summed E-state index contributed by atoms with van der Waals surface area (Å²) in [7, 11) is 0. The first kappa shape index (κ1) is 15.5. The Kier molecular flexibility index (Phi) is 5.76. The third kappa shape index (κ3) is 5.56. The molecule has 2 rings (SSSR count). The Balaban J connectivity index is 1.90. The smallest absolute Gasteiger partial charge is 0.127 e. The molecule has 2 aromatic rings. The van der Waals surface area contributed by atoms with E-state index in [9.17, 15) is 4.39 Å². The third-order valence-corrected chi connectivity index (χ3v) is 3.15. The monoisotopic (exact) mass is 287 g/mol. The summed E-state index contributed by atoms with van der Waals surface area (Å²) in [5, 5.41) is 3.28. The van der Waals surface area contributed by atoms with Crippen LogP contribution in [0.4, 0.5) is 4.39 Å². The van der Waals surface area contributed by atoms with E-state index in [0.29, 0.717) is 24.9 Å². The van der Waals surface area contributed by atoms with Gasteiger partial charge in [-0.1, -0.05) is 44.2 Å². The van der Waals surface area contributed by atoms with Crippen molar-refractivity contribution in [2.75, 3.05) is 6.61 Å². The zero-order chi connectivity index (χ0) is 15.1. The number of ether oxygens (including phenoxy) is 1. The van der Waals surface area contributed by atoms with Crippen LogP contribution in [0.1, 0.15) is 25.0 Å². The lowest BCUT2D eigenvalue weighted by Gasteiger charge is -2.11. The predicted octanol–water partition coefficient (Wildman–Crippen LogP) is 3.95. The topological polar surface area (TPSA) is 21.3 Å². The molecule has 0 atom stereocenters. The van der Waals surface area contributed by atoms with Gasteiger partial charge in [-0.15, -0.1) is 0 Å². The molecule has 0 saturated heterocycles. The summed E-state index contributed by atoms with van der Waals surface area (Å²) in [5.74, 6) is 0.333. The van der Waals surface area contributed by atoms with Crippen molar-refractivity contribution in [1.29, 1.82) is 0 Å². The highest BCUT2D eigenvalue weighted by atomic mass is 19.1. The third-order valence-electron chi connectivity index (χ3n) is 3.15. The highest BCUT2D eigenvalue weighted by Gasteiger charge is 2.03. The number of hydrogen-bond donors (Lipinski definition) is 1. The lowest BCUT2D eigenvalue weighted by molar-refractivity contribution is 0.319. The zero-order valence-corrected chi connectivity index (χ0v) is 12.6. The van der Waals surface area contributed by atoms with Gasteiger partial charge in [0.2, 0.25) is 0 Å². The molecule has 1 N–H and O–H groups in total. The molecule has 0 amide bonds. The van der Waals surface area contributed by atoms with Crippen molar-refractivity contribution in [3.05, 3.63) is 65.5 Å². The van der Waals surface area contributed by atoms with Crippen LogP contribution in [0, 0.1) is 5.82 Å². The van der Waals surface area contributed by atoms with E-state index in [-0.39, 0.29) is 5.82 Å². The summed E-state index contributed by atoms with van der Waals surface area (Å²) in [6, 6.07) is 15.4. The molecule has 0 saturated carbocycles. The van der Waals surface area contributed by atoms with Crippen molar-refractivity contribution >= 4 is 0 Å². The molecule has 0 aliphatic heterocycles. The summed E-state index contributed by atoms with van der Waals surface area (Å²) >= 11 is 0. The summed E-state index contributed by atoms with van der Waals surface area (Å²) < 4.78 is 19.3. The minimum absolute atomic E-state index is 0.257. The van der Waals surface area contributed by atoms with Gasteiger partial charge in [-0.05, 0) is 23.3 Å². The van der Waals surface area contributed by atoms with Crippen molar-refractivity contribution in [3.63, 3.8) is 0 Å². The Bertz CT molecular complexity index is 554. The molecular formula is C18H22FNO. The molecule has 21 heavy (non-hydrogen) atoms. The molecule has 2 nitrogen and oxygen atoms in total. The Morgan fingerprint density at radius 1 is 1.05 bits per heavy atom. The number of nitrogens with one attached hydrogen (secondary N) is 1. The fourth-order valence-electron chi connectivity index (χ4n) is 2.06. The van der Waals surface area contributed by atoms with E-state index in [0.717, 1.165) is 12.0 Å². The molecule has 0 spiro atoms. The Labute approximate surface area is 126 Å². The van der Waals surface area contributed by atoms with Gasteiger partial charge < -0.3 is 10.1 Å².